The summed E-state index contributed by atoms with van der Waals surface area (Å²) in [5, 5.41) is 22.2. The van der Waals surface area contributed by atoms with Crippen LogP contribution in [0.25, 0.3) is 0 Å². The van der Waals surface area contributed by atoms with Gasteiger partial charge in [0.15, 0.2) is 0 Å². The summed E-state index contributed by atoms with van der Waals surface area (Å²) in [7, 11) is -4.67. The summed E-state index contributed by atoms with van der Waals surface area (Å²) < 4.78 is 31.6. The molecule has 0 radical (unpaired) electrons. The summed E-state index contributed by atoms with van der Waals surface area (Å²) in [5.41, 5.74) is 10.3. The fourth-order valence-electron chi connectivity index (χ4n) is 0.612. The lowest BCUT2D eigenvalue weighted by atomic mass is 10.6. The van der Waals surface area contributed by atoms with Crippen molar-refractivity contribution < 1.29 is 27.7 Å². The lowest BCUT2D eigenvalue weighted by Gasteiger charge is -1.95. The van der Waals surface area contributed by atoms with Gasteiger partial charge >= 0.3 is 10.4 Å². The van der Waals surface area contributed by atoms with E-state index in [1.807, 2.05) is 0 Å². The van der Waals surface area contributed by atoms with E-state index in [0.717, 1.165) is 13.1 Å². The number of hydrogen-bond acceptors (Lipinski definition) is 8. The molecule has 0 spiro atoms. The van der Waals surface area contributed by atoms with Gasteiger partial charge in [0.2, 0.25) is 0 Å². The van der Waals surface area contributed by atoms with Crippen LogP contribution >= 0.6 is 0 Å². The Hall–Kier alpha value is -0.370. The lowest BCUT2D eigenvalue weighted by molar-refractivity contribution is 0.293. The summed E-state index contributed by atoms with van der Waals surface area (Å²) in [4.78, 5) is 0. The van der Waals surface area contributed by atoms with Gasteiger partial charge in [0.1, 0.15) is 0 Å². The molecule has 0 saturated heterocycles. The van der Waals surface area contributed by atoms with E-state index in [1.165, 1.54) is 0 Å². The van der Waals surface area contributed by atoms with Crippen molar-refractivity contribution in [3.05, 3.63) is 0 Å². The molecule has 0 aromatic heterocycles. The first-order chi connectivity index (χ1) is 8.83. The Morgan fingerprint density at radius 2 is 1.05 bits per heavy atom. The Bertz CT molecular complexity index is 213. The van der Waals surface area contributed by atoms with Crippen LogP contribution in [0.2, 0.25) is 0 Å². The largest absolute Gasteiger partial charge is 0.395 e. The first kappa shape index (κ1) is 23.7. The normalized spacial score (nSPS) is 10.0. The van der Waals surface area contributed by atoms with Gasteiger partial charge in [0.05, 0.1) is 13.2 Å². The summed E-state index contributed by atoms with van der Waals surface area (Å²) in [6.07, 6.45) is 0. The highest BCUT2D eigenvalue weighted by Crippen LogP contribution is 1.59. The van der Waals surface area contributed by atoms with Gasteiger partial charge in [0, 0.05) is 39.3 Å². The van der Waals surface area contributed by atoms with Gasteiger partial charge in [-0.25, -0.2) is 0 Å². The van der Waals surface area contributed by atoms with E-state index in [2.05, 4.69) is 10.6 Å². The third-order valence-electron chi connectivity index (χ3n) is 1.22. The highest BCUT2D eigenvalue weighted by atomic mass is 32.3. The van der Waals surface area contributed by atoms with Gasteiger partial charge in [-0.05, 0) is 0 Å². The molecule has 0 heterocycles. The molecule has 0 bridgehead atoms. The minimum absolute atomic E-state index is 0.194. The van der Waals surface area contributed by atoms with Crippen molar-refractivity contribution in [3.8, 4) is 0 Å². The predicted octanol–water partition coefficient (Wildman–Crippen LogP) is -3.60. The number of nitrogens with two attached hydrogens (primary N) is 2. The van der Waals surface area contributed by atoms with E-state index < -0.39 is 10.4 Å². The van der Waals surface area contributed by atoms with E-state index in [4.69, 9.17) is 39.2 Å². The van der Waals surface area contributed by atoms with Gasteiger partial charge in [0.25, 0.3) is 0 Å². The van der Waals surface area contributed by atoms with Crippen LogP contribution in [0.15, 0.2) is 0 Å². The molecule has 0 aromatic carbocycles. The van der Waals surface area contributed by atoms with Gasteiger partial charge in [-0.2, -0.15) is 8.42 Å². The van der Waals surface area contributed by atoms with E-state index in [1.54, 1.807) is 0 Å². The molecular formula is C8H26N4O6S. The van der Waals surface area contributed by atoms with Gasteiger partial charge in [-0.1, -0.05) is 0 Å². The molecule has 0 atom stereocenters. The molecule has 0 aliphatic heterocycles. The van der Waals surface area contributed by atoms with E-state index in [-0.39, 0.29) is 13.2 Å². The molecule has 10 N–H and O–H groups in total. The van der Waals surface area contributed by atoms with Crippen molar-refractivity contribution in [1.29, 1.82) is 0 Å². The van der Waals surface area contributed by atoms with E-state index in [9.17, 15) is 0 Å². The Morgan fingerprint density at radius 3 is 1.21 bits per heavy atom. The second-order valence-electron chi connectivity index (χ2n) is 2.97. The molecule has 120 valence electrons. The minimum atomic E-state index is -4.67. The Kier molecular flexibility index (Phi) is 24.9. The number of nitrogens with one attached hydrogen (secondary N) is 2. The molecule has 0 aromatic rings. The molecule has 10 nitrogen and oxygen atoms in total. The predicted molar refractivity (Wildman–Crippen MR) is 72.2 cm³/mol. The van der Waals surface area contributed by atoms with Crippen LogP contribution < -0.4 is 22.1 Å². The zero-order valence-corrected chi connectivity index (χ0v) is 11.6. The van der Waals surface area contributed by atoms with Crippen molar-refractivity contribution in [2.45, 2.75) is 0 Å². The van der Waals surface area contributed by atoms with Crippen LogP contribution in [0.1, 0.15) is 0 Å². The highest BCUT2D eigenvalue weighted by Gasteiger charge is 1.84. The first-order valence-electron chi connectivity index (χ1n) is 5.56. The van der Waals surface area contributed by atoms with Crippen molar-refractivity contribution in [1.82, 2.24) is 10.6 Å². The standard InChI is InChI=1S/2C4H12N2O.H2O4S/c2*5-1-2-6-3-4-7;1-5(2,3)4/h2*6-7H,1-5H2;(H2,1,2,3,4). The quantitative estimate of drug-likeness (QED) is 0.164. The van der Waals surface area contributed by atoms with Crippen LogP contribution in [0.4, 0.5) is 0 Å². The second-order valence-corrected chi connectivity index (χ2v) is 3.87. The molecule has 0 aliphatic carbocycles. The third kappa shape index (κ3) is 74.0. The molecule has 11 heteroatoms. The van der Waals surface area contributed by atoms with E-state index >= 15 is 0 Å². The van der Waals surface area contributed by atoms with Crippen molar-refractivity contribution in [2.24, 2.45) is 11.5 Å². The summed E-state index contributed by atoms with van der Waals surface area (Å²) in [6.45, 7) is 4.55. The zero-order chi connectivity index (χ0) is 15.6. The Balaban J connectivity index is -0.000000206. The van der Waals surface area contributed by atoms with Gasteiger partial charge in [-0.15, -0.1) is 0 Å². The molecule has 0 rings (SSSR count). The number of rotatable bonds is 8. The maximum atomic E-state index is 8.74. The third-order valence-corrected chi connectivity index (χ3v) is 1.22. The van der Waals surface area contributed by atoms with Crippen LogP contribution in [0.3, 0.4) is 0 Å². The summed E-state index contributed by atoms with van der Waals surface area (Å²) in [6, 6.07) is 0. The Labute approximate surface area is 113 Å². The van der Waals surface area contributed by atoms with Crippen LogP contribution in [-0.4, -0.2) is 80.2 Å². The van der Waals surface area contributed by atoms with Crippen molar-refractivity contribution in [2.75, 3.05) is 52.5 Å². The van der Waals surface area contributed by atoms with Crippen molar-refractivity contribution >= 4 is 10.4 Å². The number of aliphatic hydroxyl groups is 2. The first-order valence-corrected chi connectivity index (χ1v) is 6.96. The molecular weight excluding hydrogens is 280 g/mol. The van der Waals surface area contributed by atoms with Gasteiger partial charge < -0.3 is 32.3 Å². The smallest absolute Gasteiger partial charge is 0.394 e. The Morgan fingerprint density at radius 1 is 0.789 bits per heavy atom. The molecule has 0 aliphatic rings. The fourth-order valence-corrected chi connectivity index (χ4v) is 0.612. The molecule has 0 fully saturated rings. The number of hydrogen-bond donors (Lipinski definition) is 8. The maximum Gasteiger partial charge on any atom is 0.394 e. The van der Waals surface area contributed by atoms with Crippen LogP contribution in [0, 0.1) is 0 Å². The van der Waals surface area contributed by atoms with Crippen molar-refractivity contribution in [3.63, 3.8) is 0 Å². The topological polar surface area (TPSA) is 191 Å². The average molecular weight is 306 g/mol. The van der Waals surface area contributed by atoms with E-state index in [0.29, 0.717) is 26.2 Å². The SMILES string of the molecule is NCCNCCO.NCCNCCO.O=S(=O)(O)O. The maximum absolute atomic E-state index is 8.74. The monoisotopic (exact) mass is 306 g/mol. The van der Waals surface area contributed by atoms with Crippen LogP contribution in [0.5, 0.6) is 0 Å². The average Bonchev–Trinajstić information content (AvgIpc) is 2.29. The molecule has 0 amide bonds. The van der Waals surface area contributed by atoms with Crippen LogP contribution in [-0.2, 0) is 10.4 Å². The number of aliphatic hydroxyl groups excluding tert-OH is 2. The minimum Gasteiger partial charge on any atom is -0.395 e. The zero-order valence-electron chi connectivity index (χ0n) is 10.8. The molecule has 0 unspecified atom stereocenters. The second kappa shape index (κ2) is 20.0. The lowest BCUT2D eigenvalue weighted by Crippen LogP contribution is -2.24. The highest BCUT2D eigenvalue weighted by molar-refractivity contribution is 7.79. The fraction of sp³-hybridized carbons (Fsp3) is 1.00. The molecule has 19 heavy (non-hydrogen) atoms. The summed E-state index contributed by atoms with van der Waals surface area (Å²) in [5.74, 6) is 0. The summed E-state index contributed by atoms with van der Waals surface area (Å²) >= 11 is 0. The molecule has 0 saturated carbocycles. The van der Waals surface area contributed by atoms with Gasteiger partial charge in [-0.3, -0.25) is 9.11 Å².